The second kappa shape index (κ2) is 9.46. The van der Waals surface area contributed by atoms with Gasteiger partial charge in [-0.05, 0) is 43.3 Å². The van der Waals surface area contributed by atoms with Crippen LogP contribution in [-0.2, 0) is 17.9 Å². The van der Waals surface area contributed by atoms with Crippen LogP contribution in [0.25, 0.3) is 10.2 Å². The fourth-order valence-electron chi connectivity index (χ4n) is 2.74. The Morgan fingerprint density at radius 2 is 2.00 bits per heavy atom. The maximum absolute atomic E-state index is 12.3. The van der Waals surface area contributed by atoms with Crippen LogP contribution in [0.15, 0.2) is 53.7 Å². The molecule has 10 heteroatoms. The van der Waals surface area contributed by atoms with Crippen LogP contribution in [0.3, 0.4) is 0 Å². The monoisotopic (exact) mass is 459 g/mol. The van der Waals surface area contributed by atoms with Gasteiger partial charge >= 0.3 is 0 Å². The minimum Gasteiger partial charge on any atom is -0.486 e. The standard InChI is InChI=1S/C20H18ClN5O2S2/c1-2-26-17(11-28-14-9-7-13(21)8-10-14)24-25-20(26)29-12-18(27)23-19-22-15-5-3-4-6-16(15)30-19/h3-10H,2,11-12H2,1H3,(H,22,23,27). The second-order valence-electron chi connectivity index (χ2n) is 6.21. The molecule has 154 valence electrons. The SMILES string of the molecule is CCn1c(COc2ccc(Cl)cc2)nnc1SCC(=O)Nc1nc2ccccc2s1. The minimum atomic E-state index is -0.135. The van der Waals surface area contributed by atoms with Gasteiger partial charge in [-0.2, -0.15) is 0 Å². The number of carbonyl (C=O) groups is 1. The number of para-hydroxylation sites is 1. The largest absolute Gasteiger partial charge is 0.486 e. The molecule has 2 aromatic heterocycles. The average Bonchev–Trinajstić information content (AvgIpc) is 3.34. The summed E-state index contributed by atoms with van der Waals surface area (Å²) in [6.45, 7) is 2.95. The van der Waals surface area contributed by atoms with E-state index in [-0.39, 0.29) is 18.3 Å². The second-order valence-corrected chi connectivity index (χ2v) is 8.62. The van der Waals surface area contributed by atoms with Crippen molar-refractivity contribution in [1.29, 1.82) is 0 Å². The van der Waals surface area contributed by atoms with Crippen LogP contribution in [-0.4, -0.2) is 31.4 Å². The molecule has 1 amide bonds. The molecule has 0 spiro atoms. The van der Waals surface area contributed by atoms with E-state index in [1.807, 2.05) is 35.8 Å². The van der Waals surface area contributed by atoms with Crippen molar-refractivity contribution in [2.75, 3.05) is 11.1 Å². The third-order valence-electron chi connectivity index (χ3n) is 4.16. The molecule has 0 aliphatic rings. The summed E-state index contributed by atoms with van der Waals surface area (Å²) in [5.74, 6) is 1.48. The summed E-state index contributed by atoms with van der Waals surface area (Å²) in [5, 5.41) is 13.2. The maximum atomic E-state index is 12.3. The Bertz CT molecular complexity index is 1130. The number of fused-ring (bicyclic) bond motifs is 1. The molecule has 4 aromatic rings. The van der Waals surface area contributed by atoms with Crippen molar-refractivity contribution in [3.63, 3.8) is 0 Å². The lowest BCUT2D eigenvalue weighted by Gasteiger charge is -2.09. The molecule has 4 rings (SSSR count). The Morgan fingerprint density at radius 1 is 1.20 bits per heavy atom. The number of halogens is 1. The summed E-state index contributed by atoms with van der Waals surface area (Å²) in [6, 6.07) is 14.9. The van der Waals surface area contributed by atoms with Crippen LogP contribution >= 0.6 is 34.7 Å². The van der Waals surface area contributed by atoms with Crippen molar-refractivity contribution in [3.05, 3.63) is 59.4 Å². The lowest BCUT2D eigenvalue weighted by molar-refractivity contribution is -0.113. The number of nitrogens with one attached hydrogen (secondary N) is 1. The Labute approximate surface area is 186 Å². The molecular weight excluding hydrogens is 442 g/mol. The van der Waals surface area contributed by atoms with Gasteiger partial charge < -0.3 is 14.6 Å². The molecule has 0 atom stereocenters. The van der Waals surface area contributed by atoms with Crippen molar-refractivity contribution in [2.45, 2.75) is 25.2 Å². The minimum absolute atomic E-state index is 0.135. The highest BCUT2D eigenvalue weighted by Crippen LogP contribution is 2.26. The van der Waals surface area contributed by atoms with Crippen molar-refractivity contribution >= 4 is 56.0 Å². The number of ether oxygens (including phenoxy) is 1. The first-order chi connectivity index (χ1) is 14.6. The normalized spacial score (nSPS) is 11.0. The number of nitrogens with zero attached hydrogens (tertiary/aromatic N) is 4. The van der Waals surface area contributed by atoms with E-state index in [1.165, 1.54) is 23.1 Å². The van der Waals surface area contributed by atoms with E-state index in [0.717, 1.165) is 10.2 Å². The van der Waals surface area contributed by atoms with E-state index in [2.05, 4.69) is 20.5 Å². The van der Waals surface area contributed by atoms with Crippen molar-refractivity contribution in [1.82, 2.24) is 19.7 Å². The summed E-state index contributed by atoms with van der Waals surface area (Å²) in [7, 11) is 0. The van der Waals surface area contributed by atoms with Crippen molar-refractivity contribution < 1.29 is 9.53 Å². The van der Waals surface area contributed by atoms with Gasteiger partial charge in [0.2, 0.25) is 5.91 Å². The van der Waals surface area contributed by atoms with Gasteiger partial charge in [-0.15, -0.1) is 10.2 Å². The van der Waals surface area contributed by atoms with Gasteiger partial charge in [-0.1, -0.05) is 46.8 Å². The lowest BCUT2D eigenvalue weighted by Crippen LogP contribution is -2.14. The third-order valence-corrected chi connectivity index (χ3v) is 6.33. The Hall–Kier alpha value is -2.62. The van der Waals surface area contributed by atoms with Gasteiger partial charge in [0.15, 0.2) is 16.1 Å². The summed E-state index contributed by atoms with van der Waals surface area (Å²) >= 11 is 8.68. The topological polar surface area (TPSA) is 81.9 Å². The third kappa shape index (κ3) is 4.92. The van der Waals surface area contributed by atoms with Gasteiger partial charge in [0.05, 0.1) is 16.0 Å². The zero-order valence-electron chi connectivity index (χ0n) is 16.0. The molecule has 7 nitrogen and oxygen atoms in total. The maximum Gasteiger partial charge on any atom is 0.236 e. The molecule has 2 heterocycles. The molecule has 0 unspecified atom stereocenters. The molecule has 1 N–H and O–H groups in total. The molecule has 0 bridgehead atoms. The van der Waals surface area contributed by atoms with Crippen LogP contribution in [0, 0.1) is 0 Å². The van der Waals surface area contributed by atoms with Crippen molar-refractivity contribution in [3.8, 4) is 5.75 Å². The van der Waals surface area contributed by atoms with E-state index in [1.54, 1.807) is 24.3 Å². The van der Waals surface area contributed by atoms with Gasteiger partial charge in [-0.25, -0.2) is 4.98 Å². The van der Waals surface area contributed by atoms with Crippen molar-refractivity contribution in [2.24, 2.45) is 0 Å². The highest BCUT2D eigenvalue weighted by Gasteiger charge is 2.15. The van der Waals surface area contributed by atoms with E-state index in [4.69, 9.17) is 16.3 Å². The summed E-state index contributed by atoms with van der Waals surface area (Å²) < 4.78 is 8.73. The first kappa shape index (κ1) is 20.6. The molecule has 0 saturated carbocycles. The van der Waals surface area contributed by atoms with E-state index in [9.17, 15) is 4.79 Å². The number of thioether (sulfide) groups is 1. The highest BCUT2D eigenvalue weighted by molar-refractivity contribution is 7.99. The Kier molecular flexibility index (Phi) is 6.51. The van der Waals surface area contributed by atoms with Gasteiger partial charge in [0.25, 0.3) is 0 Å². The molecule has 0 aliphatic carbocycles. The van der Waals surface area contributed by atoms with Crippen LogP contribution in [0.2, 0.25) is 5.02 Å². The molecule has 0 aliphatic heterocycles. The number of rotatable bonds is 8. The lowest BCUT2D eigenvalue weighted by atomic mass is 10.3. The molecule has 0 saturated heterocycles. The van der Waals surface area contributed by atoms with Gasteiger partial charge in [0, 0.05) is 11.6 Å². The van der Waals surface area contributed by atoms with Crippen LogP contribution in [0.4, 0.5) is 5.13 Å². The first-order valence-electron chi connectivity index (χ1n) is 9.21. The highest BCUT2D eigenvalue weighted by atomic mass is 35.5. The molecule has 0 fully saturated rings. The smallest absolute Gasteiger partial charge is 0.236 e. The predicted molar refractivity (Wildman–Crippen MR) is 120 cm³/mol. The summed E-state index contributed by atoms with van der Waals surface area (Å²) in [5.41, 5.74) is 0.876. The summed E-state index contributed by atoms with van der Waals surface area (Å²) in [6.07, 6.45) is 0. The van der Waals surface area contributed by atoms with E-state index < -0.39 is 0 Å². The number of anilines is 1. The number of amides is 1. The summed E-state index contributed by atoms with van der Waals surface area (Å²) in [4.78, 5) is 16.8. The molecular formula is C20H18ClN5O2S2. The number of carbonyl (C=O) groups excluding carboxylic acids is 1. The Balaban J connectivity index is 1.34. The number of benzene rings is 2. The fourth-order valence-corrected chi connectivity index (χ4v) is 4.57. The van der Waals surface area contributed by atoms with Gasteiger partial charge in [0.1, 0.15) is 12.4 Å². The predicted octanol–water partition coefficient (Wildman–Crippen LogP) is 4.87. The number of aromatic nitrogens is 4. The van der Waals surface area contributed by atoms with E-state index in [0.29, 0.717) is 33.4 Å². The molecule has 0 radical (unpaired) electrons. The van der Waals surface area contributed by atoms with Crippen LogP contribution in [0.5, 0.6) is 5.75 Å². The molecule has 30 heavy (non-hydrogen) atoms. The quantitative estimate of drug-likeness (QED) is 0.378. The zero-order valence-corrected chi connectivity index (χ0v) is 18.4. The number of hydrogen-bond acceptors (Lipinski definition) is 7. The van der Waals surface area contributed by atoms with Gasteiger partial charge in [-0.3, -0.25) is 4.79 Å². The molecule has 2 aromatic carbocycles. The zero-order chi connectivity index (χ0) is 20.9. The van der Waals surface area contributed by atoms with E-state index >= 15 is 0 Å². The Morgan fingerprint density at radius 3 is 2.77 bits per heavy atom. The fraction of sp³-hybridized carbons (Fsp3) is 0.200. The number of hydrogen-bond donors (Lipinski definition) is 1. The first-order valence-corrected chi connectivity index (χ1v) is 11.4. The number of thiazole rings is 1. The average molecular weight is 460 g/mol. The van der Waals surface area contributed by atoms with Crippen LogP contribution in [0.1, 0.15) is 12.7 Å². The van der Waals surface area contributed by atoms with Crippen LogP contribution < -0.4 is 10.1 Å².